The van der Waals surface area contributed by atoms with Crippen molar-refractivity contribution in [2.75, 3.05) is 0 Å². The summed E-state index contributed by atoms with van der Waals surface area (Å²) in [4.78, 5) is 4.17. The lowest BCUT2D eigenvalue weighted by Crippen LogP contribution is -1.98. The minimum absolute atomic E-state index is 0.176. The molecule has 0 aliphatic rings. The van der Waals surface area contributed by atoms with E-state index in [1.54, 1.807) is 6.20 Å². The summed E-state index contributed by atoms with van der Waals surface area (Å²) in [6.07, 6.45) is 1.66. The number of tetrazole rings is 1. The van der Waals surface area contributed by atoms with Gasteiger partial charge in [0.25, 0.3) is 0 Å². The molecule has 3 rings (SSSR count). The lowest BCUT2D eigenvalue weighted by atomic mass is 9.99. The molecule has 0 radical (unpaired) electrons. The van der Waals surface area contributed by atoms with Crippen LogP contribution in [0.1, 0.15) is 5.69 Å². The van der Waals surface area contributed by atoms with E-state index in [1.165, 1.54) is 0 Å². The maximum absolute atomic E-state index is 9.44. The summed E-state index contributed by atoms with van der Waals surface area (Å²) in [6, 6.07) is 11.7. The molecule has 0 amide bonds. The van der Waals surface area contributed by atoms with Crippen LogP contribution in [0.2, 0.25) is 0 Å². The molecule has 0 bridgehead atoms. The van der Waals surface area contributed by atoms with Gasteiger partial charge in [0, 0.05) is 6.20 Å². The van der Waals surface area contributed by atoms with Crippen LogP contribution in [-0.2, 0) is 6.61 Å². The van der Waals surface area contributed by atoms with Crippen molar-refractivity contribution >= 4 is 0 Å². The zero-order valence-corrected chi connectivity index (χ0v) is 9.98. The van der Waals surface area contributed by atoms with Crippen molar-refractivity contribution < 1.29 is 5.11 Å². The molecule has 6 heteroatoms. The molecule has 2 N–H and O–H groups in total. The van der Waals surface area contributed by atoms with E-state index >= 15 is 0 Å². The van der Waals surface area contributed by atoms with Gasteiger partial charge in [-0.15, -0.1) is 10.2 Å². The van der Waals surface area contributed by atoms with Gasteiger partial charge in [-0.1, -0.05) is 30.3 Å². The molecule has 0 aliphatic carbocycles. The van der Waals surface area contributed by atoms with E-state index in [2.05, 4.69) is 25.6 Å². The highest BCUT2D eigenvalue weighted by Crippen LogP contribution is 2.31. The van der Waals surface area contributed by atoms with E-state index in [1.807, 2.05) is 36.4 Å². The Hall–Kier alpha value is -2.60. The van der Waals surface area contributed by atoms with Crippen molar-refractivity contribution in [2.45, 2.75) is 6.61 Å². The topological polar surface area (TPSA) is 87.6 Å². The first kappa shape index (κ1) is 11.5. The zero-order chi connectivity index (χ0) is 13.1. The van der Waals surface area contributed by atoms with Crippen molar-refractivity contribution in [1.82, 2.24) is 25.6 Å². The first-order valence-corrected chi connectivity index (χ1v) is 5.78. The standard InChI is InChI=1S/C13H11N5O/c19-8-11-12(13-15-17-18-16-13)10(6-7-14-11)9-4-2-1-3-5-9/h1-7,19H,8H2,(H,15,16,17,18). The molecule has 2 heterocycles. The molecule has 0 fully saturated rings. The highest BCUT2D eigenvalue weighted by Gasteiger charge is 2.16. The fourth-order valence-electron chi connectivity index (χ4n) is 2.00. The number of rotatable bonds is 3. The number of H-pyrrole nitrogens is 1. The van der Waals surface area contributed by atoms with Gasteiger partial charge in [0.15, 0.2) is 0 Å². The molecule has 0 atom stereocenters. The zero-order valence-electron chi connectivity index (χ0n) is 9.98. The molecule has 19 heavy (non-hydrogen) atoms. The number of aromatic amines is 1. The third-order valence-electron chi connectivity index (χ3n) is 2.83. The third-order valence-corrected chi connectivity index (χ3v) is 2.83. The number of hydrogen-bond donors (Lipinski definition) is 2. The van der Waals surface area contributed by atoms with E-state index in [0.717, 1.165) is 11.1 Å². The molecule has 2 aromatic heterocycles. The fourth-order valence-corrected chi connectivity index (χ4v) is 2.00. The highest BCUT2D eigenvalue weighted by molar-refractivity contribution is 5.81. The summed E-state index contributed by atoms with van der Waals surface area (Å²) >= 11 is 0. The Morgan fingerprint density at radius 3 is 2.63 bits per heavy atom. The van der Waals surface area contributed by atoms with Crippen LogP contribution in [0, 0.1) is 0 Å². The minimum Gasteiger partial charge on any atom is -0.390 e. The summed E-state index contributed by atoms with van der Waals surface area (Å²) in [5.74, 6) is 0.427. The summed E-state index contributed by atoms with van der Waals surface area (Å²) in [6.45, 7) is -0.176. The van der Waals surface area contributed by atoms with E-state index in [-0.39, 0.29) is 6.61 Å². The smallest absolute Gasteiger partial charge is 0.207 e. The summed E-state index contributed by atoms with van der Waals surface area (Å²) in [5.41, 5.74) is 3.16. The number of aliphatic hydroxyl groups is 1. The van der Waals surface area contributed by atoms with Crippen LogP contribution in [0.25, 0.3) is 22.5 Å². The maximum Gasteiger partial charge on any atom is 0.207 e. The number of aliphatic hydroxyl groups excluding tert-OH is 1. The van der Waals surface area contributed by atoms with E-state index in [0.29, 0.717) is 17.1 Å². The first-order valence-electron chi connectivity index (χ1n) is 5.78. The van der Waals surface area contributed by atoms with E-state index < -0.39 is 0 Å². The second kappa shape index (κ2) is 4.95. The average Bonchev–Trinajstić information content (AvgIpc) is 3.01. The number of nitrogens with one attached hydrogen (secondary N) is 1. The van der Waals surface area contributed by atoms with Crippen molar-refractivity contribution in [3.63, 3.8) is 0 Å². The first-order chi connectivity index (χ1) is 9.40. The van der Waals surface area contributed by atoms with Crippen LogP contribution in [0.5, 0.6) is 0 Å². The van der Waals surface area contributed by atoms with E-state index in [9.17, 15) is 5.11 Å². The normalized spacial score (nSPS) is 10.6. The highest BCUT2D eigenvalue weighted by atomic mass is 16.3. The second-order valence-corrected chi connectivity index (χ2v) is 3.94. The summed E-state index contributed by atoms with van der Waals surface area (Å²) in [7, 11) is 0. The molecule has 94 valence electrons. The van der Waals surface area contributed by atoms with Crippen LogP contribution in [0.15, 0.2) is 42.6 Å². The largest absolute Gasteiger partial charge is 0.390 e. The molecule has 0 aliphatic heterocycles. The van der Waals surface area contributed by atoms with Crippen LogP contribution < -0.4 is 0 Å². The molecule has 0 spiro atoms. The number of benzene rings is 1. The van der Waals surface area contributed by atoms with Crippen molar-refractivity contribution in [3.05, 3.63) is 48.3 Å². The number of hydrogen-bond acceptors (Lipinski definition) is 5. The van der Waals surface area contributed by atoms with Gasteiger partial charge in [0.05, 0.1) is 17.9 Å². The Bertz CT molecular complexity index is 667. The molecule has 3 aromatic rings. The molecular formula is C13H11N5O. The quantitative estimate of drug-likeness (QED) is 0.737. The lowest BCUT2D eigenvalue weighted by Gasteiger charge is -2.09. The Morgan fingerprint density at radius 1 is 1.11 bits per heavy atom. The SMILES string of the molecule is OCc1nccc(-c2ccccc2)c1-c1nn[nH]n1. The molecule has 0 saturated carbocycles. The summed E-state index contributed by atoms with van der Waals surface area (Å²) < 4.78 is 0. The van der Waals surface area contributed by atoms with Crippen molar-refractivity contribution in [3.8, 4) is 22.5 Å². The van der Waals surface area contributed by atoms with Crippen LogP contribution in [0.3, 0.4) is 0 Å². The maximum atomic E-state index is 9.44. The summed E-state index contributed by atoms with van der Waals surface area (Å²) in [5, 5.41) is 23.4. The monoisotopic (exact) mass is 253 g/mol. The second-order valence-electron chi connectivity index (χ2n) is 3.94. The molecule has 0 saturated heterocycles. The van der Waals surface area contributed by atoms with E-state index in [4.69, 9.17) is 0 Å². The third kappa shape index (κ3) is 2.09. The number of aromatic nitrogens is 5. The Balaban J connectivity index is 2.25. The van der Waals surface area contributed by atoms with Crippen molar-refractivity contribution in [2.24, 2.45) is 0 Å². The van der Waals surface area contributed by atoms with Gasteiger partial charge in [-0.3, -0.25) is 4.98 Å². The van der Waals surface area contributed by atoms with Crippen LogP contribution >= 0.6 is 0 Å². The van der Waals surface area contributed by atoms with Crippen LogP contribution in [0.4, 0.5) is 0 Å². The fraction of sp³-hybridized carbons (Fsp3) is 0.0769. The average molecular weight is 253 g/mol. The van der Waals surface area contributed by atoms with Gasteiger partial charge in [-0.25, -0.2) is 0 Å². The Kier molecular flexibility index (Phi) is 2.99. The number of nitrogens with zero attached hydrogens (tertiary/aromatic N) is 4. The Morgan fingerprint density at radius 2 is 1.95 bits per heavy atom. The van der Waals surface area contributed by atoms with Gasteiger partial charge >= 0.3 is 0 Å². The number of pyridine rings is 1. The van der Waals surface area contributed by atoms with Gasteiger partial charge in [0.1, 0.15) is 0 Å². The predicted molar refractivity (Wildman–Crippen MR) is 68.8 cm³/mol. The molecule has 0 unspecified atom stereocenters. The van der Waals surface area contributed by atoms with Gasteiger partial charge in [-0.2, -0.15) is 5.21 Å². The van der Waals surface area contributed by atoms with Gasteiger partial charge in [-0.05, 0) is 22.4 Å². The van der Waals surface area contributed by atoms with Crippen molar-refractivity contribution in [1.29, 1.82) is 0 Å². The van der Waals surface area contributed by atoms with Gasteiger partial charge in [0.2, 0.25) is 5.82 Å². The molecule has 6 nitrogen and oxygen atoms in total. The minimum atomic E-state index is -0.176. The Labute approximate surface area is 109 Å². The predicted octanol–water partition coefficient (Wildman–Crippen LogP) is 1.42. The molecular weight excluding hydrogens is 242 g/mol. The lowest BCUT2D eigenvalue weighted by molar-refractivity contribution is 0.277. The molecule has 1 aromatic carbocycles. The van der Waals surface area contributed by atoms with Crippen LogP contribution in [-0.4, -0.2) is 30.7 Å². The van der Waals surface area contributed by atoms with Gasteiger partial charge < -0.3 is 5.11 Å².